The van der Waals surface area contributed by atoms with E-state index in [0.717, 1.165) is 0 Å². The highest BCUT2D eigenvalue weighted by Gasteiger charge is 2.10. The number of halogens is 1. The van der Waals surface area contributed by atoms with Crippen LogP contribution < -0.4 is 5.32 Å². The van der Waals surface area contributed by atoms with E-state index in [9.17, 15) is 0 Å². The lowest BCUT2D eigenvalue weighted by Crippen LogP contribution is -2.26. The lowest BCUT2D eigenvalue weighted by molar-refractivity contribution is 0.170. The van der Waals surface area contributed by atoms with Crippen LogP contribution in [0.25, 0.3) is 0 Å². The second-order valence-electron chi connectivity index (χ2n) is 3.00. The summed E-state index contributed by atoms with van der Waals surface area (Å²) < 4.78 is 5.00. The van der Waals surface area contributed by atoms with Crippen LogP contribution in [0.15, 0.2) is 12.4 Å². The SMILES string of the molecule is COCC(CCO)Nc1nccnc1Cl. The number of hydrogen-bond donors (Lipinski definition) is 2. The Hall–Kier alpha value is -0.910. The average molecular weight is 232 g/mol. The van der Waals surface area contributed by atoms with Gasteiger partial charge in [0.05, 0.1) is 12.6 Å². The van der Waals surface area contributed by atoms with Gasteiger partial charge in [0.1, 0.15) is 0 Å². The topological polar surface area (TPSA) is 67.3 Å². The maximum Gasteiger partial charge on any atom is 0.171 e. The minimum Gasteiger partial charge on any atom is -0.396 e. The molecular weight excluding hydrogens is 218 g/mol. The van der Waals surface area contributed by atoms with Crippen molar-refractivity contribution in [1.29, 1.82) is 0 Å². The summed E-state index contributed by atoms with van der Waals surface area (Å²) in [5.74, 6) is 0.509. The molecule has 1 rings (SSSR count). The monoisotopic (exact) mass is 231 g/mol. The number of aliphatic hydroxyl groups excluding tert-OH is 1. The standard InChI is InChI=1S/C9H14ClN3O2/c1-15-6-7(2-5-14)13-9-8(10)11-3-4-12-9/h3-4,7,14H,2,5-6H2,1H3,(H,12,13). The molecular formula is C9H14ClN3O2. The fourth-order valence-electron chi connectivity index (χ4n) is 1.17. The quantitative estimate of drug-likeness (QED) is 0.763. The van der Waals surface area contributed by atoms with Crippen LogP contribution in [-0.4, -0.2) is 41.4 Å². The van der Waals surface area contributed by atoms with Gasteiger partial charge in [0.15, 0.2) is 11.0 Å². The fourth-order valence-corrected chi connectivity index (χ4v) is 1.33. The molecule has 0 bridgehead atoms. The van der Waals surface area contributed by atoms with Gasteiger partial charge in [-0.25, -0.2) is 9.97 Å². The van der Waals surface area contributed by atoms with Crippen molar-refractivity contribution < 1.29 is 9.84 Å². The number of aromatic nitrogens is 2. The highest BCUT2D eigenvalue weighted by atomic mass is 35.5. The molecule has 0 aliphatic rings. The molecule has 0 aliphatic carbocycles. The molecule has 1 atom stereocenters. The number of anilines is 1. The predicted molar refractivity (Wildman–Crippen MR) is 58.0 cm³/mol. The van der Waals surface area contributed by atoms with Crippen LogP contribution in [0.5, 0.6) is 0 Å². The molecule has 1 unspecified atom stereocenters. The summed E-state index contributed by atoms with van der Waals surface area (Å²) in [6, 6.07) is -0.0193. The van der Waals surface area contributed by atoms with E-state index in [0.29, 0.717) is 24.0 Å². The Labute approximate surface area is 93.5 Å². The molecule has 0 fully saturated rings. The van der Waals surface area contributed by atoms with Crippen LogP contribution in [0.1, 0.15) is 6.42 Å². The molecule has 0 saturated carbocycles. The first-order valence-corrected chi connectivity index (χ1v) is 4.98. The van der Waals surface area contributed by atoms with E-state index in [1.807, 2.05) is 0 Å². The Morgan fingerprint density at radius 2 is 2.27 bits per heavy atom. The van der Waals surface area contributed by atoms with Gasteiger partial charge >= 0.3 is 0 Å². The minimum absolute atomic E-state index is 0.0193. The third-order valence-electron chi connectivity index (χ3n) is 1.84. The molecule has 6 heteroatoms. The number of hydrogen-bond acceptors (Lipinski definition) is 5. The summed E-state index contributed by atoms with van der Waals surface area (Å²) in [7, 11) is 1.60. The first-order valence-electron chi connectivity index (χ1n) is 4.60. The molecule has 1 aromatic heterocycles. The largest absolute Gasteiger partial charge is 0.396 e. The van der Waals surface area contributed by atoms with E-state index < -0.39 is 0 Å². The van der Waals surface area contributed by atoms with Gasteiger partial charge in [-0.3, -0.25) is 0 Å². The van der Waals surface area contributed by atoms with Crippen LogP contribution in [0, 0.1) is 0 Å². The van der Waals surface area contributed by atoms with Crippen LogP contribution in [0.2, 0.25) is 5.15 Å². The van der Waals surface area contributed by atoms with E-state index in [1.54, 1.807) is 13.3 Å². The Balaban J connectivity index is 2.60. The van der Waals surface area contributed by atoms with E-state index in [1.165, 1.54) is 6.20 Å². The third-order valence-corrected chi connectivity index (χ3v) is 2.12. The van der Waals surface area contributed by atoms with Crippen LogP contribution >= 0.6 is 11.6 Å². The zero-order valence-corrected chi connectivity index (χ0v) is 9.24. The summed E-state index contributed by atoms with van der Waals surface area (Å²) in [5.41, 5.74) is 0. The fraction of sp³-hybridized carbons (Fsp3) is 0.556. The molecule has 0 radical (unpaired) electrons. The van der Waals surface area contributed by atoms with Crippen molar-refractivity contribution in [3.05, 3.63) is 17.5 Å². The van der Waals surface area contributed by atoms with Crippen molar-refractivity contribution in [1.82, 2.24) is 9.97 Å². The number of methoxy groups -OCH3 is 1. The van der Waals surface area contributed by atoms with Gasteiger partial charge < -0.3 is 15.2 Å². The Morgan fingerprint density at radius 3 is 2.87 bits per heavy atom. The molecule has 0 spiro atoms. The average Bonchev–Trinajstić information content (AvgIpc) is 2.22. The van der Waals surface area contributed by atoms with E-state index in [-0.39, 0.29) is 12.6 Å². The number of rotatable bonds is 6. The summed E-state index contributed by atoms with van der Waals surface area (Å²) in [5, 5.41) is 12.2. The van der Waals surface area contributed by atoms with Crippen molar-refractivity contribution in [2.24, 2.45) is 0 Å². The molecule has 84 valence electrons. The van der Waals surface area contributed by atoms with E-state index >= 15 is 0 Å². The third kappa shape index (κ3) is 3.99. The van der Waals surface area contributed by atoms with Gasteiger partial charge in [0.2, 0.25) is 0 Å². The first kappa shape index (κ1) is 12.2. The molecule has 1 aromatic rings. The van der Waals surface area contributed by atoms with Gasteiger partial charge in [-0.2, -0.15) is 0 Å². The molecule has 2 N–H and O–H groups in total. The van der Waals surface area contributed by atoms with Crippen LogP contribution in [0.4, 0.5) is 5.82 Å². The molecule has 15 heavy (non-hydrogen) atoms. The Kier molecular flexibility index (Phi) is 5.31. The summed E-state index contributed by atoms with van der Waals surface area (Å²) in [6.07, 6.45) is 3.64. The van der Waals surface area contributed by atoms with Gasteiger partial charge in [-0.05, 0) is 6.42 Å². The molecule has 0 amide bonds. The molecule has 0 aromatic carbocycles. The minimum atomic E-state index is -0.0193. The number of ether oxygens (including phenoxy) is 1. The summed E-state index contributed by atoms with van der Waals surface area (Å²) >= 11 is 5.83. The van der Waals surface area contributed by atoms with Gasteiger partial charge in [-0.1, -0.05) is 11.6 Å². The number of nitrogens with zero attached hydrogens (tertiary/aromatic N) is 2. The van der Waals surface area contributed by atoms with E-state index in [2.05, 4.69) is 15.3 Å². The first-order chi connectivity index (χ1) is 7.27. The summed E-state index contributed by atoms with van der Waals surface area (Å²) in [4.78, 5) is 7.93. The second-order valence-corrected chi connectivity index (χ2v) is 3.36. The molecule has 5 nitrogen and oxygen atoms in total. The normalized spacial score (nSPS) is 12.5. The van der Waals surface area contributed by atoms with Gasteiger partial charge in [0.25, 0.3) is 0 Å². The van der Waals surface area contributed by atoms with Crippen molar-refractivity contribution >= 4 is 17.4 Å². The van der Waals surface area contributed by atoms with Crippen molar-refractivity contribution in [3.8, 4) is 0 Å². The smallest absolute Gasteiger partial charge is 0.171 e. The number of aliphatic hydroxyl groups is 1. The lowest BCUT2D eigenvalue weighted by Gasteiger charge is -2.17. The second kappa shape index (κ2) is 6.55. The van der Waals surface area contributed by atoms with Crippen molar-refractivity contribution in [2.45, 2.75) is 12.5 Å². The molecule has 0 saturated heterocycles. The van der Waals surface area contributed by atoms with Crippen LogP contribution in [0.3, 0.4) is 0 Å². The highest BCUT2D eigenvalue weighted by molar-refractivity contribution is 6.31. The molecule has 1 heterocycles. The van der Waals surface area contributed by atoms with Crippen LogP contribution in [-0.2, 0) is 4.74 Å². The highest BCUT2D eigenvalue weighted by Crippen LogP contribution is 2.15. The number of nitrogens with one attached hydrogen (secondary N) is 1. The molecule has 0 aliphatic heterocycles. The predicted octanol–water partition coefficient (Wildman–Crippen LogP) is 0.939. The zero-order chi connectivity index (χ0) is 11.1. The van der Waals surface area contributed by atoms with E-state index in [4.69, 9.17) is 21.4 Å². The zero-order valence-electron chi connectivity index (χ0n) is 8.48. The van der Waals surface area contributed by atoms with Gasteiger partial charge in [-0.15, -0.1) is 0 Å². The maximum atomic E-state index is 8.85. The lowest BCUT2D eigenvalue weighted by atomic mass is 10.2. The summed E-state index contributed by atoms with van der Waals surface area (Å²) in [6.45, 7) is 0.562. The van der Waals surface area contributed by atoms with Crippen molar-refractivity contribution in [2.75, 3.05) is 25.6 Å². The Bertz CT molecular complexity index is 292. The van der Waals surface area contributed by atoms with Gasteiger partial charge in [0, 0.05) is 26.1 Å². The maximum absolute atomic E-state index is 8.85. The Morgan fingerprint density at radius 1 is 1.53 bits per heavy atom. The van der Waals surface area contributed by atoms with Crippen molar-refractivity contribution in [3.63, 3.8) is 0 Å².